The summed E-state index contributed by atoms with van der Waals surface area (Å²) in [4.78, 5) is 35.6. The average molecular weight is 556 g/mol. The molecule has 1 N–H and O–H groups in total. The molecule has 6 aromatic rings. The van der Waals surface area contributed by atoms with E-state index in [0.717, 1.165) is 11.3 Å². The number of halogens is 1. The highest BCUT2D eigenvalue weighted by molar-refractivity contribution is 7.17. The highest BCUT2D eigenvalue weighted by Gasteiger charge is 2.16. The van der Waals surface area contributed by atoms with Gasteiger partial charge in [-0.2, -0.15) is 0 Å². The lowest BCUT2D eigenvalue weighted by molar-refractivity contribution is -0.116. The fourth-order valence-corrected chi connectivity index (χ4v) is 5.26. The van der Waals surface area contributed by atoms with Crippen molar-refractivity contribution in [1.29, 1.82) is 0 Å². The molecule has 200 valence electrons. The van der Waals surface area contributed by atoms with Crippen LogP contribution in [0.1, 0.15) is 5.69 Å². The largest absolute Gasteiger partial charge is 0.493 e. The molecule has 0 spiro atoms. The van der Waals surface area contributed by atoms with Crippen molar-refractivity contribution in [3.63, 3.8) is 0 Å². The molecule has 9 nitrogen and oxygen atoms in total. The first-order valence-corrected chi connectivity index (χ1v) is 13.1. The van der Waals surface area contributed by atoms with E-state index in [9.17, 15) is 14.0 Å². The van der Waals surface area contributed by atoms with Crippen LogP contribution in [0.25, 0.3) is 27.0 Å². The average Bonchev–Trinajstić information content (AvgIpc) is 3.58. The molecular formula is C29H22FN5O4S. The van der Waals surface area contributed by atoms with Crippen LogP contribution in [0.5, 0.6) is 11.5 Å². The highest BCUT2D eigenvalue weighted by Crippen LogP contribution is 2.32. The molecule has 0 unspecified atom stereocenters. The molecule has 0 atom stereocenters. The number of anilines is 1. The molecule has 0 fully saturated rings. The van der Waals surface area contributed by atoms with Crippen molar-refractivity contribution < 1.29 is 18.7 Å². The Labute approximate surface area is 231 Å². The molecule has 0 bridgehead atoms. The van der Waals surface area contributed by atoms with Gasteiger partial charge in [0.2, 0.25) is 5.91 Å². The lowest BCUT2D eigenvalue weighted by Crippen LogP contribution is -2.27. The Morgan fingerprint density at radius 1 is 1.10 bits per heavy atom. The summed E-state index contributed by atoms with van der Waals surface area (Å²) in [6.07, 6.45) is 5.14. The second-order valence-corrected chi connectivity index (χ2v) is 9.77. The van der Waals surface area contributed by atoms with Gasteiger partial charge >= 0.3 is 0 Å². The second-order valence-electron chi connectivity index (χ2n) is 8.91. The molecule has 4 aromatic heterocycles. The predicted octanol–water partition coefficient (Wildman–Crippen LogP) is 5.14. The van der Waals surface area contributed by atoms with E-state index in [1.165, 1.54) is 41.5 Å². The minimum absolute atomic E-state index is 0.202. The number of rotatable bonds is 8. The van der Waals surface area contributed by atoms with Gasteiger partial charge in [0.1, 0.15) is 29.4 Å². The summed E-state index contributed by atoms with van der Waals surface area (Å²) in [6.45, 7) is -0.0442. The normalized spacial score (nSPS) is 11.2. The molecule has 0 saturated heterocycles. The van der Waals surface area contributed by atoms with Crippen molar-refractivity contribution in [2.75, 3.05) is 12.4 Å². The SMILES string of the molecule is COc1ccc(NC(=O)Cn2cnc3scc(-c4ccc(F)cc4)c3c2=O)cc1OCc1cn2ccccc2n1. The number of carbonyl (C=O) groups is 1. The summed E-state index contributed by atoms with van der Waals surface area (Å²) in [7, 11) is 1.53. The van der Waals surface area contributed by atoms with Crippen LogP contribution in [0.15, 0.2) is 89.6 Å². The number of benzene rings is 2. The number of nitrogens with one attached hydrogen (secondary N) is 1. The highest BCUT2D eigenvalue weighted by atomic mass is 32.1. The van der Waals surface area contributed by atoms with Crippen molar-refractivity contribution in [2.45, 2.75) is 13.2 Å². The Bertz CT molecular complexity index is 1880. The first-order chi connectivity index (χ1) is 19.5. The van der Waals surface area contributed by atoms with Crippen LogP contribution in [0.3, 0.4) is 0 Å². The van der Waals surface area contributed by atoms with Gasteiger partial charge in [-0.25, -0.2) is 14.4 Å². The van der Waals surface area contributed by atoms with Crippen LogP contribution in [0, 0.1) is 5.82 Å². The fourth-order valence-electron chi connectivity index (χ4n) is 4.35. The number of imidazole rings is 1. The minimum atomic E-state index is -0.418. The van der Waals surface area contributed by atoms with Crippen LogP contribution in [0.2, 0.25) is 0 Å². The van der Waals surface area contributed by atoms with Crippen molar-refractivity contribution in [3.8, 4) is 22.6 Å². The van der Waals surface area contributed by atoms with Crippen molar-refractivity contribution in [3.05, 3.63) is 107 Å². The number of carbonyl (C=O) groups excluding carboxylic acids is 1. The molecule has 40 heavy (non-hydrogen) atoms. The van der Waals surface area contributed by atoms with E-state index in [4.69, 9.17) is 9.47 Å². The van der Waals surface area contributed by atoms with Gasteiger partial charge in [0.15, 0.2) is 11.5 Å². The Morgan fingerprint density at radius 3 is 2.75 bits per heavy atom. The van der Waals surface area contributed by atoms with Crippen molar-refractivity contribution >= 4 is 38.8 Å². The summed E-state index contributed by atoms with van der Waals surface area (Å²) in [6, 6.07) is 16.7. The molecule has 0 aliphatic carbocycles. The third-order valence-corrected chi connectivity index (χ3v) is 7.15. The number of methoxy groups -OCH3 is 1. The van der Waals surface area contributed by atoms with Crippen LogP contribution in [-0.2, 0) is 17.9 Å². The molecule has 0 radical (unpaired) electrons. The number of hydrogen-bond donors (Lipinski definition) is 1. The Morgan fingerprint density at radius 2 is 1.95 bits per heavy atom. The maximum Gasteiger partial charge on any atom is 0.263 e. The third-order valence-electron chi connectivity index (χ3n) is 6.27. The lowest BCUT2D eigenvalue weighted by Gasteiger charge is -2.13. The maximum atomic E-state index is 13.4. The number of thiophene rings is 1. The van der Waals surface area contributed by atoms with Gasteiger partial charge in [0.25, 0.3) is 5.56 Å². The van der Waals surface area contributed by atoms with E-state index in [1.807, 2.05) is 40.4 Å². The van der Waals surface area contributed by atoms with Gasteiger partial charge in [-0.15, -0.1) is 11.3 Å². The number of ether oxygens (including phenoxy) is 2. The summed E-state index contributed by atoms with van der Waals surface area (Å²) in [5.74, 6) is 0.147. The molecule has 1 amide bonds. The zero-order valence-corrected chi connectivity index (χ0v) is 22.0. The first kappa shape index (κ1) is 25.3. The summed E-state index contributed by atoms with van der Waals surface area (Å²) < 4.78 is 27.9. The van der Waals surface area contributed by atoms with E-state index in [-0.39, 0.29) is 24.5 Å². The van der Waals surface area contributed by atoms with E-state index in [2.05, 4.69) is 15.3 Å². The van der Waals surface area contributed by atoms with Crippen LogP contribution in [0.4, 0.5) is 10.1 Å². The Balaban J connectivity index is 1.19. The maximum absolute atomic E-state index is 13.4. The molecule has 4 heterocycles. The number of pyridine rings is 1. The first-order valence-electron chi connectivity index (χ1n) is 12.2. The van der Waals surface area contributed by atoms with E-state index in [0.29, 0.717) is 38.5 Å². The summed E-state index contributed by atoms with van der Waals surface area (Å²) in [5.41, 5.74) is 3.01. The van der Waals surface area contributed by atoms with Crippen molar-refractivity contribution in [1.82, 2.24) is 18.9 Å². The Kier molecular flexibility index (Phi) is 6.71. The summed E-state index contributed by atoms with van der Waals surface area (Å²) in [5, 5.41) is 5.00. The minimum Gasteiger partial charge on any atom is -0.493 e. The molecule has 0 saturated carbocycles. The van der Waals surface area contributed by atoms with E-state index < -0.39 is 5.91 Å². The molecule has 0 aliphatic heterocycles. The van der Waals surface area contributed by atoms with Gasteiger partial charge in [0, 0.05) is 35.1 Å². The number of aromatic nitrogens is 4. The van der Waals surface area contributed by atoms with Crippen LogP contribution < -0.4 is 20.3 Å². The molecule has 6 rings (SSSR count). The topological polar surface area (TPSA) is 99.8 Å². The zero-order chi connectivity index (χ0) is 27.6. The van der Waals surface area contributed by atoms with Gasteiger partial charge in [0.05, 0.1) is 24.5 Å². The Hall–Kier alpha value is -5.03. The molecule has 11 heteroatoms. The summed E-state index contributed by atoms with van der Waals surface area (Å²) >= 11 is 1.32. The predicted molar refractivity (Wildman–Crippen MR) is 150 cm³/mol. The molecule has 2 aromatic carbocycles. The van der Waals surface area contributed by atoms with Crippen LogP contribution in [-0.4, -0.2) is 32.0 Å². The van der Waals surface area contributed by atoms with Crippen LogP contribution >= 0.6 is 11.3 Å². The number of amides is 1. The smallest absolute Gasteiger partial charge is 0.263 e. The number of nitrogens with zero attached hydrogens (tertiary/aromatic N) is 4. The monoisotopic (exact) mass is 555 g/mol. The van der Waals surface area contributed by atoms with E-state index >= 15 is 0 Å². The quantitative estimate of drug-likeness (QED) is 0.279. The lowest BCUT2D eigenvalue weighted by atomic mass is 10.1. The van der Waals surface area contributed by atoms with Gasteiger partial charge in [-0.05, 0) is 42.0 Å². The molecular weight excluding hydrogens is 533 g/mol. The fraction of sp³-hybridized carbons (Fsp3) is 0.103. The molecule has 0 aliphatic rings. The number of fused-ring (bicyclic) bond motifs is 2. The van der Waals surface area contributed by atoms with Gasteiger partial charge in [-0.1, -0.05) is 18.2 Å². The van der Waals surface area contributed by atoms with E-state index in [1.54, 1.807) is 30.3 Å². The van der Waals surface area contributed by atoms with Gasteiger partial charge < -0.3 is 19.2 Å². The zero-order valence-electron chi connectivity index (χ0n) is 21.2. The number of hydrogen-bond acceptors (Lipinski definition) is 7. The van der Waals surface area contributed by atoms with Gasteiger partial charge in [-0.3, -0.25) is 14.2 Å². The standard InChI is InChI=1S/C29H22FN5O4S/c1-38-23-10-9-20(12-24(23)39-15-21-13-34-11-3-2-4-25(34)32-21)33-26(36)14-35-17-31-28-27(29(35)37)22(16-40-28)18-5-7-19(30)8-6-18/h2-13,16-17H,14-15H2,1H3,(H,33,36). The van der Waals surface area contributed by atoms with Crippen molar-refractivity contribution in [2.24, 2.45) is 0 Å². The second kappa shape index (κ2) is 10.6. The third kappa shape index (κ3) is 5.02.